The first-order valence-corrected chi connectivity index (χ1v) is 6.95. The van der Waals surface area contributed by atoms with Gasteiger partial charge in [-0.15, -0.1) is 0 Å². The zero-order valence-corrected chi connectivity index (χ0v) is 11.3. The van der Waals surface area contributed by atoms with Crippen LogP contribution in [0, 0.1) is 17.8 Å². The van der Waals surface area contributed by atoms with Gasteiger partial charge in [0.05, 0.1) is 7.11 Å². The maximum Gasteiger partial charge on any atom is 0.198 e. The summed E-state index contributed by atoms with van der Waals surface area (Å²) < 4.78 is 5.24. The predicted molar refractivity (Wildman–Crippen MR) is 71.0 cm³/mol. The van der Waals surface area contributed by atoms with E-state index in [1.165, 1.54) is 32.0 Å². The molecule has 0 unspecified atom stereocenters. The third-order valence-electron chi connectivity index (χ3n) is 3.92. The lowest BCUT2D eigenvalue weighted by atomic mass is 9.98. The lowest BCUT2D eigenvalue weighted by Gasteiger charge is -2.17. The summed E-state index contributed by atoms with van der Waals surface area (Å²) in [6, 6.07) is 0. The maximum atomic E-state index is 5.98. The van der Waals surface area contributed by atoms with Gasteiger partial charge in [-0.2, -0.15) is 0 Å². The molecule has 0 aromatic carbocycles. The van der Waals surface area contributed by atoms with Gasteiger partial charge < -0.3 is 10.1 Å². The van der Waals surface area contributed by atoms with Gasteiger partial charge in [0.15, 0.2) is 16.7 Å². The number of methoxy groups -OCH3 is 1. The second kappa shape index (κ2) is 4.92. The van der Waals surface area contributed by atoms with Crippen molar-refractivity contribution in [3.05, 3.63) is 11.5 Å². The summed E-state index contributed by atoms with van der Waals surface area (Å²) in [6.45, 7) is 0.971. The van der Waals surface area contributed by atoms with E-state index in [4.69, 9.17) is 16.3 Å². The van der Waals surface area contributed by atoms with Gasteiger partial charge in [-0.05, 0) is 43.4 Å². The highest BCUT2D eigenvalue weighted by Gasteiger charge is 2.41. The van der Waals surface area contributed by atoms with E-state index < -0.39 is 0 Å². The summed E-state index contributed by atoms with van der Waals surface area (Å²) in [5.41, 5.74) is 0. The lowest BCUT2D eigenvalue weighted by molar-refractivity contribution is 0.407. The Morgan fingerprint density at radius 3 is 2.56 bits per heavy atom. The molecule has 18 heavy (non-hydrogen) atoms. The molecule has 0 bridgehead atoms. The highest BCUT2D eigenvalue weighted by atomic mass is 35.5. The van der Waals surface area contributed by atoms with Crippen LogP contribution in [0.3, 0.4) is 0 Å². The second-order valence-electron chi connectivity index (χ2n) is 5.27. The van der Waals surface area contributed by atoms with Crippen LogP contribution in [0.15, 0.2) is 6.33 Å². The van der Waals surface area contributed by atoms with E-state index in [1.807, 2.05) is 0 Å². The topological polar surface area (TPSA) is 47.0 Å². The molecule has 3 rings (SSSR count). The number of hydrogen-bond donors (Lipinski definition) is 1. The minimum atomic E-state index is 0.365. The fraction of sp³-hybridized carbons (Fsp3) is 0.692. The van der Waals surface area contributed by atoms with Crippen LogP contribution < -0.4 is 10.1 Å². The molecule has 0 spiro atoms. The average molecular weight is 268 g/mol. The third kappa shape index (κ3) is 2.53. The average Bonchev–Trinajstić information content (AvgIpc) is 3.24. The Balaban J connectivity index is 1.66. The highest BCUT2D eigenvalue weighted by molar-refractivity contribution is 6.31. The number of nitrogens with zero attached hydrogens (tertiary/aromatic N) is 2. The van der Waals surface area contributed by atoms with Gasteiger partial charge in [0.2, 0.25) is 0 Å². The van der Waals surface area contributed by atoms with Crippen molar-refractivity contribution >= 4 is 17.4 Å². The van der Waals surface area contributed by atoms with Crippen molar-refractivity contribution in [1.82, 2.24) is 9.97 Å². The van der Waals surface area contributed by atoms with Crippen molar-refractivity contribution < 1.29 is 4.74 Å². The Morgan fingerprint density at radius 1 is 1.33 bits per heavy atom. The quantitative estimate of drug-likeness (QED) is 0.805. The van der Waals surface area contributed by atoms with Crippen molar-refractivity contribution in [1.29, 1.82) is 0 Å². The van der Waals surface area contributed by atoms with E-state index in [2.05, 4.69) is 15.3 Å². The molecule has 1 aromatic rings. The number of nitrogens with one attached hydrogen (secondary N) is 1. The van der Waals surface area contributed by atoms with Crippen LogP contribution in [0.4, 0.5) is 5.82 Å². The van der Waals surface area contributed by atoms with Gasteiger partial charge in [-0.1, -0.05) is 11.6 Å². The SMILES string of the molecule is COc1c(Cl)ncnc1NCC(C1CC1)C1CC1. The third-order valence-corrected chi connectivity index (χ3v) is 4.19. The maximum absolute atomic E-state index is 5.98. The van der Waals surface area contributed by atoms with Crippen LogP contribution in [0.25, 0.3) is 0 Å². The second-order valence-corrected chi connectivity index (χ2v) is 5.62. The van der Waals surface area contributed by atoms with Crippen LogP contribution in [0.1, 0.15) is 25.7 Å². The molecule has 1 aromatic heterocycles. The summed E-state index contributed by atoms with van der Waals surface area (Å²) in [5.74, 6) is 3.90. The molecule has 1 N–H and O–H groups in total. The van der Waals surface area contributed by atoms with Crippen molar-refractivity contribution in [2.45, 2.75) is 25.7 Å². The fourth-order valence-corrected chi connectivity index (χ4v) is 2.85. The fourth-order valence-electron chi connectivity index (χ4n) is 2.64. The van der Waals surface area contributed by atoms with Gasteiger partial charge >= 0.3 is 0 Å². The molecular formula is C13H18ClN3O. The zero-order valence-electron chi connectivity index (χ0n) is 10.5. The molecule has 98 valence electrons. The minimum Gasteiger partial charge on any atom is -0.490 e. The Hall–Kier alpha value is -1.03. The molecule has 0 aliphatic heterocycles. The summed E-state index contributed by atoms with van der Waals surface area (Å²) in [6.07, 6.45) is 7.04. The summed E-state index contributed by atoms with van der Waals surface area (Å²) >= 11 is 5.98. The molecule has 1 heterocycles. The molecule has 5 heteroatoms. The monoisotopic (exact) mass is 267 g/mol. The molecular weight excluding hydrogens is 250 g/mol. The zero-order chi connectivity index (χ0) is 12.5. The summed E-state index contributed by atoms with van der Waals surface area (Å²) in [5, 5.41) is 3.75. The Bertz CT molecular complexity index is 420. The van der Waals surface area contributed by atoms with Gasteiger partial charge in [0, 0.05) is 6.54 Å². The summed E-state index contributed by atoms with van der Waals surface area (Å²) in [4.78, 5) is 8.13. The Kier molecular flexibility index (Phi) is 3.29. The highest BCUT2D eigenvalue weighted by Crippen LogP contribution is 2.49. The molecule has 2 fully saturated rings. The number of aromatic nitrogens is 2. The van der Waals surface area contributed by atoms with Crippen LogP contribution in [-0.2, 0) is 0 Å². The number of ether oxygens (including phenoxy) is 1. The van der Waals surface area contributed by atoms with Gasteiger partial charge in [-0.3, -0.25) is 0 Å². The van der Waals surface area contributed by atoms with E-state index in [1.54, 1.807) is 7.11 Å². The molecule has 0 atom stereocenters. The van der Waals surface area contributed by atoms with Crippen molar-refractivity contribution in [3.63, 3.8) is 0 Å². The molecule has 2 aliphatic carbocycles. The first kappa shape index (κ1) is 12.0. The summed E-state index contributed by atoms with van der Waals surface area (Å²) in [7, 11) is 1.59. The van der Waals surface area contributed by atoms with E-state index in [0.29, 0.717) is 16.7 Å². The Labute approximate surface area is 112 Å². The van der Waals surface area contributed by atoms with Gasteiger partial charge in [0.1, 0.15) is 6.33 Å². The van der Waals surface area contributed by atoms with E-state index in [9.17, 15) is 0 Å². The first-order valence-electron chi connectivity index (χ1n) is 6.58. The van der Waals surface area contributed by atoms with Crippen molar-refractivity contribution in [2.24, 2.45) is 17.8 Å². The van der Waals surface area contributed by atoms with Crippen LogP contribution in [0.2, 0.25) is 5.15 Å². The molecule has 0 radical (unpaired) electrons. The predicted octanol–water partition coefficient (Wildman–Crippen LogP) is 2.99. The van der Waals surface area contributed by atoms with Crippen LogP contribution in [0.5, 0.6) is 5.75 Å². The van der Waals surface area contributed by atoms with Crippen LogP contribution >= 0.6 is 11.6 Å². The molecule has 4 nitrogen and oxygen atoms in total. The van der Waals surface area contributed by atoms with Gasteiger partial charge in [0.25, 0.3) is 0 Å². The number of hydrogen-bond acceptors (Lipinski definition) is 4. The van der Waals surface area contributed by atoms with Crippen molar-refractivity contribution in [3.8, 4) is 5.75 Å². The Morgan fingerprint density at radius 2 is 2.00 bits per heavy atom. The minimum absolute atomic E-state index is 0.365. The first-order chi connectivity index (χ1) is 8.79. The van der Waals surface area contributed by atoms with E-state index in [0.717, 1.165) is 24.3 Å². The smallest absolute Gasteiger partial charge is 0.198 e. The van der Waals surface area contributed by atoms with Crippen LogP contribution in [-0.4, -0.2) is 23.6 Å². The molecule has 2 saturated carbocycles. The largest absolute Gasteiger partial charge is 0.490 e. The van der Waals surface area contributed by atoms with Gasteiger partial charge in [-0.25, -0.2) is 9.97 Å². The normalized spacial score (nSPS) is 19.1. The molecule has 2 aliphatic rings. The lowest BCUT2D eigenvalue weighted by Crippen LogP contribution is -2.19. The standard InChI is InChI=1S/C13H18ClN3O/c1-18-11-12(14)16-7-17-13(11)15-6-10(8-2-3-8)9-4-5-9/h7-10H,2-6H2,1H3,(H,15,16,17). The van der Waals surface area contributed by atoms with E-state index >= 15 is 0 Å². The van der Waals surface area contributed by atoms with Crippen molar-refractivity contribution in [2.75, 3.05) is 19.0 Å². The van der Waals surface area contributed by atoms with E-state index in [-0.39, 0.29) is 0 Å². The number of rotatable bonds is 6. The number of anilines is 1. The molecule has 0 amide bonds. The molecule has 0 saturated heterocycles. The number of halogens is 1.